The number of carbonyl (C=O) groups excluding carboxylic acids is 2. The lowest BCUT2D eigenvalue weighted by atomic mass is 10.1. The van der Waals surface area contributed by atoms with Crippen LogP contribution >= 0.6 is 0 Å². The summed E-state index contributed by atoms with van der Waals surface area (Å²) in [6.07, 6.45) is -5.70. The molecule has 0 spiro atoms. The lowest BCUT2D eigenvalue weighted by Crippen LogP contribution is -2.44. The van der Waals surface area contributed by atoms with E-state index in [0.717, 1.165) is 0 Å². The highest BCUT2D eigenvalue weighted by Gasteiger charge is 2.25. The quantitative estimate of drug-likeness (QED) is 0.253. The van der Waals surface area contributed by atoms with Crippen molar-refractivity contribution in [3.63, 3.8) is 0 Å². The molecule has 2 amide bonds. The second-order valence-electron chi connectivity index (χ2n) is 5.57. The van der Waals surface area contributed by atoms with Crippen molar-refractivity contribution in [2.75, 3.05) is 6.54 Å². The van der Waals surface area contributed by atoms with E-state index >= 15 is 0 Å². The molecule has 134 valence electrons. The van der Waals surface area contributed by atoms with E-state index in [2.05, 4.69) is 10.1 Å². The van der Waals surface area contributed by atoms with Crippen molar-refractivity contribution in [3.05, 3.63) is 0 Å². The van der Waals surface area contributed by atoms with E-state index in [9.17, 15) is 14.4 Å². The van der Waals surface area contributed by atoms with E-state index in [4.69, 9.17) is 25.2 Å². The predicted molar refractivity (Wildman–Crippen MR) is 73.9 cm³/mol. The fourth-order valence-corrected chi connectivity index (χ4v) is 1.36. The number of ether oxygens (including phenoxy) is 2. The maximum Gasteiger partial charge on any atom is 0.456 e. The molecule has 0 aromatic carbocycles. The van der Waals surface area contributed by atoms with E-state index in [1.165, 1.54) is 0 Å². The van der Waals surface area contributed by atoms with Crippen LogP contribution in [-0.2, 0) is 14.3 Å². The Hall–Kier alpha value is -2.11. The fourth-order valence-electron chi connectivity index (χ4n) is 1.36. The monoisotopic (exact) mass is 338 g/mol. The minimum Gasteiger partial charge on any atom is -0.480 e. The van der Waals surface area contributed by atoms with E-state index in [0.29, 0.717) is 0 Å². The van der Waals surface area contributed by atoms with Crippen molar-refractivity contribution in [1.29, 1.82) is 0 Å². The van der Waals surface area contributed by atoms with Crippen molar-refractivity contribution in [2.45, 2.75) is 51.4 Å². The zero-order valence-corrected chi connectivity index (χ0v) is 13.0. The maximum atomic E-state index is 11.5. The number of nitrogens with one attached hydrogen (secondary N) is 2. The minimum absolute atomic E-state index is 0.0304. The topological polar surface area (TPSA) is 175 Å². The Labute approximate surface area is 132 Å². The largest absolute Gasteiger partial charge is 0.480 e. The molecule has 1 unspecified atom stereocenters. The van der Waals surface area contributed by atoms with Crippen LogP contribution in [0.25, 0.3) is 0 Å². The lowest BCUT2D eigenvalue weighted by Gasteiger charge is -2.22. The Bertz CT molecular complexity index is 425. The van der Waals surface area contributed by atoms with Crippen molar-refractivity contribution in [2.24, 2.45) is 0 Å². The summed E-state index contributed by atoms with van der Waals surface area (Å²) < 4.78 is 8.65. The summed E-state index contributed by atoms with van der Waals surface area (Å²) in [6.45, 7) is 4.79. The van der Waals surface area contributed by atoms with Crippen LogP contribution in [-0.4, -0.2) is 62.9 Å². The van der Waals surface area contributed by atoms with Gasteiger partial charge in [-0.25, -0.2) is 14.4 Å². The Balaban J connectivity index is 4.19. The van der Waals surface area contributed by atoms with E-state index in [1.54, 1.807) is 20.8 Å². The van der Waals surface area contributed by atoms with Crippen molar-refractivity contribution in [3.8, 4) is 0 Å². The van der Waals surface area contributed by atoms with Gasteiger partial charge in [0.25, 0.3) is 0 Å². The number of amides is 2. The summed E-state index contributed by atoms with van der Waals surface area (Å²) in [5.74, 6) is -1.28. The van der Waals surface area contributed by atoms with Gasteiger partial charge in [-0.15, -0.1) is 0 Å². The second-order valence-corrected chi connectivity index (χ2v) is 5.57. The zero-order valence-electron chi connectivity index (χ0n) is 13.0. The highest BCUT2D eigenvalue weighted by Crippen LogP contribution is 2.07. The molecule has 0 saturated heterocycles. The van der Waals surface area contributed by atoms with E-state index < -0.39 is 36.0 Å². The minimum atomic E-state index is -3.59. The number of hydrogen-bond acceptors (Lipinski definition) is 8. The smallest absolute Gasteiger partial charge is 0.456 e. The van der Waals surface area contributed by atoms with E-state index in [-0.39, 0.29) is 19.4 Å². The molecule has 6 N–H and O–H groups in total. The van der Waals surface area contributed by atoms with Crippen molar-refractivity contribution in [1.82, 2.24) is 10.6 Å². The third-order valence-electron chi connectivity index (χ3n) is 2.16. The SMILES string of the molecule is CC(C)(C)OC(=O)NC(CCCNC(=O)OC(O)(O)O)C(=O)O. The first kappa shape index (κ1) is 20.9. The van der Waals surface area contributed by atoms with Gasteiger partial charge in [0.15, 0.2) is 0 Å². The third-order valence-corrected chi connectivity index (χ3v) is 2.16. The number of carboxylic acids is 1. The third kappa shape index (κ3) is 12.1. The fraction of sp³-hybridized carbons (Fsp3) is 0.750. The van der Waals surface area contributed by atoms with Gasteiger partial charge in [-0.05, 0) is 33.6 Å². The van der Waals surface area contributed by atoms with Crippen LogP contribution in [0.3, 0.4) is 0 Å². The molecule has 0 fully saturated rings. The highest BCUT2D eigenvalue weighted by molar-refractivity contribution is 5.79. The summed E-state index contributed by atoms with van der Waals surface area (Å²) in [4.78, 5) is 33.5. The molecule has 0 heterocycles. The molecule has 11 heteroatoms. The molecule has 0 aliphatic heterocycles. The average molecular weight is 338 g/mol. The maximum absolute atomic E-state index is 11.5. The standard InChI is InChI=1S/C12H22N2O9/c1-11(2,3)22-10(18)14-7(8(15)16)5-4-6-13-9(17)23-12(19,20)21/h7,19-21H,4-6H2,1-3H3,(H,13,17)(H,14,18)(H,15,16). The Kier molecular flexibility index (Phi) is 7.72. The van der Waals surface area contributed by atoms with Gasteiger partial charge in [0.2, 0.25) is 0 Å². The van der Waals surface area contributed by atoms with Crippen molar-refractivity contribution >= 4 is 18.2 Å². The second kappa shape index (κ2) is 8.50. The summed E-state index contributed by atoms with van der Waals surface area (Å²) in [7, 11) is 0. The molecular formula is C12H22N2O9. The molecule has 0 rings (SSSR count). The lowest BCUT2D eigenvalue weighted by molar-refractivity contribution is -0.430. The number of aliphatic carboxylic acids is 1. The van der Waals surface area contributed by atoms with Gasteiger partial charge in [0, 0.05) is 6.54 Å². The summed E-state index contributed by atoms with van der Waals surface area (Å²) in [5.41, 5.74) is -0.774. The number of carbonyl (C=O) groups is 3. The van der Waals surface area contributed by atoms with E-state index in [1.807, 2.05) is 5.32 Å². The molecule has 0 aliphatic carbocycles. The summed E-state index contributed by atoms with van der Waals surface area (Å²) in [5, 5.41) is 38.4. The van der Waals surface area contributed by atoms with Gasteiger partial charge < -0.3 is 40.5 Å². The van der Waals surface area contributed by atoms with Gasteiger partial charge >= 0.3 is 24.3 Å². The molecule has 0 saturated carbocycles. The first-order chi connectivity index (χ1) is 10.3. The summed E-state index contributed by atoms with van der Waals surface area (Å²) in [6, 6.07) is -1.23. The van der Waals surface area contributed by atoms with Crippen LogP contribution in [0.4, 0.5) is 9.59 Å². The Morgan fingerprint density at radius 1 is 1.04 bits per heavy atom. The average Bonchev–Trinajstić information content (AvgIpc) is 2.27. The van der Waals surface area contributed by atoms with Crippen LogP contribution in [0.5, 0.6) is 0 Å². The first-order valence-electron chi connectivity index (χ1n) is 6.66. The van der Waals surface area contributed by atoms with Crippen LogP contribution in [0.2, 0.25) is 0 Å². The predicted octanol–water partition coefficient (Wildman–Crippen LogP) is -0.941. The number of hydrogen-bond donors (Lipinski definition) is 6. The van der Waals surface area contributed by atoms with Crippen LogP contribution < -0.4 is 10.6 Å². The number of carboxylic acid groups (broad SMARTS) is 1. The molecular weight excluding hydrogens is 316 g/mol. The molecule has 1 atom stereocenters. The number of aliphatic hydroxyl groups is 3. The van der Waals surface area contributed by atoms with Crippen molar-refractivity contribution < 1.29 is 44.3 Å². The van der Waals surface area contributed by atoms with Gasteiger partial charge in [0.05, 0.1) is 0 Å². The molecule has 0 radical (unpaired) electrons. The molecule has 0 bridgehead atoms. The zero-order chi connectivity index (χ0) is 18.3. The van der Waals surface area contributed by atoms with Gasteiger partial charge in [-0.3, -0.25) is 0 Å². The highest BCUT2D eigenvalue weighted by atomic mass is 16.9. The number of alkyl carbamates (subject to hydrolysis) is 2. The molecule has 0 aliphatic rings. The van der Waals surface area contributed by atoms with Gasteiger partial charge in [0.1, 0.15) is 11.6 Å². The van der Waals surface area contributed by atoms with Crippen LogP contribution in [0, 0.1) is 0 Å². The van der Waals surface area contributed by atoms with Crippen LogP contribution in [0.1, 0.15) is 33.6 Å². The molecule has 0 aromatic heterocycles. The first-order valence-corrected chi connectivity index (χ1v) is 6.66. The molecule has 0 aromatic rings. The molecule has 11 nitrogen and oxygen atoms in total. The van der Waals surface area contributed by atoms with Crippen LogP contribution in [0.15, 0.2) is 0 Å². The van der Waals surface area contributed by atoms with Gasteiger partial charge in [-0.1, -0.05) is 0 Å². The number of rotatable bonds is 7. The summed E-state index contributed by atoms with van der Waals surface area (Å²) >= 11 is 0. The Morgan fingerprint density at radius 3 is 2.04 bits per heavy atom. The Morgan fingerprint density at radius 2 is 1.61 bits per heavy atom. The van der Waals surface area contributed by atoms with Gasteiger partial charge in [-0.2, -0.15) is 0 Å². The molecule has 23 heavy (non-hydrogen) atoms. The normalized spacial score (nSPS) is 13.0.